The second-order valence-corrected chi connectivity index (χ2v) is 7.03. The van der Waals surface area contributed by atoms with Crippen LogP contribution in [0, 0.1) is 16.7 Å². The maximum atomic E-state index is 13.0. The van der Waals surface area contributed by atoms with Gasteiger partial charge < -0.3 is 10.0 Å². The maximum absolute atomic E-state index is 13.0. The number of carbonyl (C=O) groups excluding carboxylic acids is 1. The number of aliphatic hydroxyl groups excluding tert-OH is 1. The number of hydrogen-bond donors (Lipinski definition) is 1. The molecule has 0 spiro atoms. The number of piperidine rings is 1. The van der Waals surface area contributed by atoms with Crippen molar-refractivity contribution in [2.75, 3.05) is 13.1 Å². The molecule has 0 aromatic carbocycles. The average Bonchev–Trinajstić information content (AvgIpc) is 2.73. The summed E-state index contributed by atoms with van der Waals surface area (Å²) < 4.78 is 0. The van der Waals surface area contributed by atoms with Crippen LogP contribution in [-0.2, 0) is 4.79 Å². The number of nitrogens with zero attached hydrogens (tertiary/aromatic N) is 1. The molecule has 2 aliphatic carbocycles. The van der Waals surface area contributed by atoms with Crippen molar-refractivity contribution >= 4 is 5.91 Å². The Kier molecular flexibility index (Phi) is 2.74. The Hall–Kier alpha value is -0.570. The summed E-state index contributed by atoms with van der Waals surface area (Å²) in [4.78, 5) is 15.0. The molecule has 3 rings (SSSR count). The molecule has 0 aromatic rings. The minimum Gasteiger partial charge on any atom is -0.392 e. The molecule has 1 saturated heterocycles. The first-order chi connectivity index (χ1) is 8.50. The second kappa shape index (κ2) is 3.96. The van der Waals surface area contributed by atoms with E-state index in [0.29, 0.717) is 5.92 Å². The highest BCUT2D eigenvalue weighted by Crippen LogP contribution is 2.66. The van der Waals surface area contributed by atoms with Crippen molar-refractivity contribution in [1.29, 1.82) is 0 Å². The Morgan fingerprint density at radius 1 is 1.22 bits per heavy atom. The predicted molar refractivity (Wildman–Crippen MR) is 70.0 cm³/mol. The molecule has 1 heterocycles. The number of likely N-dealkylation sites (tertiary alicyclic amines) is 1. The number of carbonyl (C=O) groups is 1. The molecule has 1 amide bonds. The van der Waals surface area contributed by atoms with E-state index in [4.69, 9.17) is 0 Å². The SMILES string of the molecule is CC1(C)[C@@H]2CC[C@@]1(C(=O)N1CCCCC1)[C@H](O)C2. The summed E-state index contributed by atoms with van der Waals surface area (Å²) in [6, 6.07) is 0. The number of amides is 1. The number of fused-ring (bicyclic) bond motifs is 2. The van der Waals surface area contributed by atoms with Crippen molar-refractivity contribution in [1.82, 2.24) is 4.90 Å². The van der Waals surface area contributed by atoms with Gasteiger partial charge in [0.1, 0.15) is 0 Å². The van der Waals surface area contributed by atoms with Crippen LogP contribution in [-0.4, -0.2) is 35.1 Å². The fraction of sp³-hybridized carbons (Fsp3) is 0.933. The lowest BCUT2D eigenvalue weighted by Gasteiger charge is -2.43. The zero-order chi connectivity index (χ0) is 13.0. The summed E-state index contributed by atoms with van der Waals surface area (Å²) in [7, 11) is 0. The highest BCUT2D eigenvalue weighted by Gasteiger charge is 2.68. The van der Waals surface area contributed by atoms with Crippen LogP contribution in [0.2, 0.25) is 0 Å². The molecule has 0 aromatic heterocycles. The monoisotopic (exact) mass is 251 g/mol. The third kappa shape index (κ3) is 1.37. The van der Waals surface area contributed by atoms with Gasteiger partial charge in [0.25, 0.3) is 0 Å². The molecule has 1 aliphatic heterocycles. The van der Waals surface area contributed by atoms with E-state index in [0.717, 1.165) is 45.2 Å². The summed E-state index contributed by atoms with van der Waals surface area (Å²) in [6.45, 7) is 6.19. The van der Waals surface area contributed by atoms with E-state index in [2.05, 4.69) is 13.8 Å². The Balaban J connectivity index is 1.91. The van der Waals surface area contributed by atoms with Gasteiger partial charge in [0.2, 0.25) is 5.91 Å². The summed E-state index contributed by atoms with van der Waals surface area (Å²) in [5.41, 5.74) is -0.504. The first kappa shape index (κ1) is 12.5. The van der Waals surface area contributed by atoms with Crippen molar-refractivity contribution in [2.45, 2.75) is 58.5 Å². The largest absolute Gasteiger partial charge is 0.392 e. The Bertz CT molecular complexity index is 360. The number of rotatable bonds is 1. The molecule has 102 valence electrons. The van der Waals surface area contributed by atoms with Crippen LogP contribution < -0.4 is 0 Å². The van der Waals surface area contributed by atoms with Gasteiger partial charge in [0, 0.05) is 13.1 Å². The van der Waals surface area contributed by atoms with Gasteiger partial charge in [-0.25, -0.2) is 0 Å². The van der Waals surface area contributed by atoms with Crippen molar-refractivity contribution in [2.24, 2.45) is 16.7 Å². The maximum Gasteiger partial charge on any atom is 0.231 e. The topological polar surface area (TPSA) is 40.5 Å². The predicted octanol–water partition coefficient (Wildman–Crippen LogP) is 2.19. The highest BCUT2D eigenvalue weighted by atomic mass is 16.3. The fourth-order valence-electron chi connectivity index (χ4n) is 4.83. The van der Waals surface area contributed by atoms with E-state index in [9.17, 15) is 9.90 Å². The third-order valence-corrected chi connectivity index (χ3v) is 6.16. The summed E-state index contributed by atoms with van der Waals surface area (Å²) in [5, 5.41) is 10.5. The van der Waals surface area contributed by atoms with E-state index >= 15 is 0 Å². The van der Waals surface area contributed by atoms with Gasteiger partial charge in [0.15, 0.2) is 0 Å². The first-order valence-corrected chi connectivity index (χ1v) is 7.47. The van der Waals surface area contributed by atoms with Crippen LogP contribution >= 0.6 is 0 Å². The van der Waals surface area contributed by atoms with Crippen LogP contribution in [0.5, 0.6) is 0 Å². The van der Waals surface area contributed by atoms with Crippen molar-refractivity contribution in [3.8, 4) is 0 Å². The van der Waals surface area contributed by atoms with Gasteiger partial charge in [-0.05, 0) is 49.9 Å². The highest BCUT2D eigenvalue weighted by molar-refractivity contribution is 5.85. The zero-order valence-corrected chi connectivity index (χ0v) is 11.6. The molecule has 3 aliphatic rings. The van der Waals surface area contributed by atoms with Gasteiger partial charge in [-0.2, -0.15) is 0 Å². The second-order valence-electron chi connectivity index (χ2n) is 7.03. The zero-order valence-electron chi connectivity index (χ0n) is 11.6. The molecule has 2 saturated carbocycles. The molecule has 3 nitrogen and oxygen atoms in total. The van der Waals surface area contributed by atoms with Crippen LogP contribution in [0.3, 0.4) is 0 Å². The van der Waals surface area contributed by atoms with Crippen molar-refractivity contribution < 1.29 is 9.90 Å². The minimum atomic E-state index is -0.477. The number of hydrogen-bond acceptors (Lipinski definition) is 2. The molecule has 3 atom stereocenters. The smallest absolute Gasteiger partial charge is 0.231 e. The fourth-order valence-corrected chi connectivity index (χ4v) is 4.83. The molecule has 3 heteroatoms. The van der Waals surface area contributed by atoms with Crippen molar-refractivity contribution in [3.05, 3.63) is 0 Å². The quantitative estimate of drug-likeness (QED) is 0.776. The van der Waals surface area contributed by atoms with Gasteiger partial charge >= 0.3 is 0 Å². The van der Waals surface area contributed by atoms with Crippen LogP contribution in [0.1, 0.15) is 52.4 Å². The van der Waals surface area contributed by atoms with Gasteiger partial charge in [0.05, 0.1) is 11.5 Å². The standard InChI is InChI=1S/C15H25NO2/c1-14(2)11-6-7-15(14,12(17)10-11)13(18)16-8-4-3-5-9-16/h11-12,17H,3-10H2,1-2H3/t11-,12-,15+/m1/s1. The molecule has 2 bridgehead atoms. The van der Waals surface area contributed by atoms with E-state index < -0.39 is 11.5 Å². The molecule has 0 unspecified atom stereocenters. The summed E-state index contributed by atoms with van der Waals surface area (Å²) in [5.74, 6) is 0.779. The van der Waals surface area contributed by atoms with Gasteiger partial charge in [-0.15, -0.1) is 0 Å². The summed E-state index contributed by atoms with van der Waals surface area (Å²) >= 11 is 0. The molecule has 3 fully saturated rings. The van der Waals surface area contributed by atoms with Crippen LogP contribution in [0.25, 0.3) is 0 Å². The van der Waals surface area contributed by atoms with Gasteiger partial charge in [-0.1, -0.05) is 13.8 Å². The molecular formula is C15H25NO2. The molecule has 0 radical (unpaired) electrons. The van der Waals surface area contributed by atoms with E-state index in [1.54, 1.807) is 0 Å². The lowest BCUT2D eigenvalue weighted by atomic mass is 9.67. The molecule has 18 heavy (non-hydrogen) atoms. The first-order valence-electron chi connectivity index (χ1n) is 7.47. The lowest BCUT2D eigenvalue weighted by molar-refractivity contribution is -0.155. The average molecular weight is 251 g/mol. The minimum absolute atomic E-state index is 0.0268. The van der Waals surface area contributed by atoms with E-state index in [1.807, 2.05) is 4.90 Å². The van der Waals surface area contributed by atoms with E-state index in [1.165, 1.54) is 6.42 Å². The Morgan fingerprint density at radius 3 is 2.39 bits per heavy atom. The van der Waals surface area contributed by atoms with Gasteiger partial charge in [-0.3, -0.25) is 4.79 Å². The normalized spacial score (nSPS) is 42.3. The Labute approximate surface area is 110 Å². The number of aliphatic hydroxyl groups is 1. The summed E-state index contributed by atoms with van der Waals surface area (Å²) in [6.07, 6.45) is 5.91. The van der Waals surface area contributed by atoms with Crippen LogP contribution in [0.4, 0.5) is 0 Å². The van der Waals surface area contributed by atoms with Crippen molar-refractivity contribution in [3.63, 3.8) is 0 Å². The van der Waals surface area contributed by atoms with E-state index in [-0.39, 0.29) is 11.3 Å². The molecule has 1 N–H and O–H groups in total. The Morgan fingerprint density at radius 2 is 1.89 bits per heavy atom. The lowest BCUT2D eigenvalue weighted by Crippen LogP contribution is -2.54. The molecular weight excluding hydrogens is 226 g/mol. The van der Waals surface area contributed by atoms with Crippen LogP contribution in [0.15, 0.2) is 0 Å². The third-order valence-electron chi connectivity index (χ3n) is 6.16.